The van der Waals surface area contributed by atoms with E-state index in [1.807, 2.05) is 14.0 Å². The summed E-state index contributed by atoms with van der Waals surface area (Å²) in [7, 11) is 1.13. The Labute approximate surface area is 215 Å². The van der Waals surface area contributed by atoms with Gasteiger partial charge in [0.15, 0.2) is 5.96 Å². The average molecular weight is 575 g/mol. The lowest BCUT2D eigenvalue weighted by molar-refractivity contribution is 0.134. The molecular weight excluding hydrogens is 531 g/mol. The van der Waals surface area contributed by atoms with Gasteiger partial charge in [0.1, 0.15) is 0 Å². The molecule has 2 fully saturated rings. The summed E-state index contributed by atoms with van der Waals surface area (Å²) in [6.45, 7) is 10.9. The van der Waals surface area contributed by atoms with Crippen LogP contribution in [-0.4, -0.2) is 52.3 Å². The van der Waals surface area contributed by atoms with Gasteiger partial charge in [0.2, 0.25) is 0 Å². The molecule has 1 aliphatic carbocycles. The van der Waals surface area contributed by atoms with E-state index in [4.69, 9.17) is 0 Å². The van der Waals surface area contributed by atoms with Crippen molar-refractivity contribution in [2.45, 2.75) is 77.3 Å². The highest BCUT2D eigenvalue weighted by atomic mass is 127. The highest BCUT2D eigenvalue weighted by Crippen LogP contribution is 2.24. The van der Waals surface area contributed by atoms with Gasteiger partial charge in [-0.3, -0.25) is 14.1 Å². The molecule has 5 unspecified atom stereocenters. The number of likely N-dealkylation sites (tertiary alicyclic amines) is 1. The Hall–Kier alpha value is -0.670. The highest BCUT2D eigenvalue weighted by molar-refractivity contribution is 14.0. The number of guanidine groups is 1. The van der Waals surface area contributed by atoms with Gasteiger partial charge >= 0.3 is 0 Å². The van der Waals surface area contributed by atoms with Crippen molar-refractivity contribution in [3.63, 3.8) is 0 Å². The summed E-state index contributed by atoms with van der Waals surface area (Å²) < 4.78 is 12.3. The van der Waals surface area contributed by atoms with E-state index in [9.17, 15) is 4.21 Å². The Balaban J connectivity index is 0.00000363. The van der Waals surface area contributed by atoms with Crippen LogP contribution in [0.15, 0.2) is 29.3 Å². The van der Waals surface area contributed by atoms with Gasteiger partial charge in [0.05, 0.1) is 0 Å². The van der Waals surface area contributed by atoms with Crippen LogP contribution in [0.3, 0.4) is 0 Å². The summed E-state index contributed by atoms with van der Waals surface area (Å²) in [5.41, 5.74) is 2.74. The van der Waals surface area contributed by atoms with E-state index in [0.29, 0.717) is 11.3 Å². The molecular formula is C25H43IN4OS. The number of halogens is 1. The van der Waals surface area contributed by atoms with Crippen LogP contribution in [-0.2, 0) is 23.9 Å². The number of benzene rings is 1. The van der Waals surface area contributed by atoms with Crippen molar-refractivity contribution in [1.29, 1.82) is 0 Å². The molecule has 7 heteroatoms. The number of nitrogens with one attached hydrogen (secondary N) is 2. The number of nitrogens with zero attached hydrogens (tertiary/aromatic N) is 2. The molecule has 2 aliphatic rings. The van der Waals surface area contributed by atoms with E-state index in [1.165, 1.54) is 30.6 Å². The van der Waals surface area contributed by atoms with Crippen LogP contribution in [0.5, 0.6) is 0 Å². The van der Waals surface area contributed by atoms with E-state index in [0.717, 1.165) is 62.3 Å². The Morgan fingerprint density at radius 1 is 1.12 bits per heavy atom. The normalized spacial score (nSPS) is 27.9. The van der Waals surface area contributed by atoms with Crippen LogP contribution in [0.1, 0.15) is 64.0 Å². The number of rotatable bonds is 7. The third-order valence-electron chi connectivity index (χ3n) is 6.75. The minimum absolute atomic E-state index is 0. The van der Waals surface area contributed by atoms with E-state index in [2.05, 4.69) is 58.6 Å². The Bertz CT molecular complexity index is 749. The second-order valence-corrected chi connectivity index (χ2v) is 11.6. The maximum atomic E-state index is 12.3. The summed E-state index contributed by atoms with van der Waals surface area (Å²) >= 11 is 0. The molecule has 1 aromatic carbocycles. The van der Waals surface area contributed by atoms with Crippen molar-refractivity contribution in [1.82, 2.24) is 15.5 Å². The van der Waals surface area contributed by atoms with Gasteiger partial charge in [-0.25, -0.2) is 0 Å². The van der Waals surface area contributed by atoms with Crippen LogP contribution in [0.25, 0.3) is 0 Å². The Morgan fingerprint density at radius 2 is 1.81 bits per heavy atom. The molecule has 32 heavy (non-hydrogen) atoms. The first-order valence-electron chi connectivity index (χ1n) is 12.1. The number of hydrogen-bond acceptors (Lipinski definition) is 3. The molecule has 3 rings (SSSR count). The van der Waals surface area contributed by atoms with E-state index in [-0.39, 0.29) is 24.0 Å². The maximum absolute atomic E-state index is 12.3. The monoisotopic (exact) mass is 574 g/mol. The van der Waals surface area contributed by atoms with E-state index in [1.54, 1.807) is 0 Å². The molecule has 0 spiro atoms. The zero-order chi connectivity index (χ0) is 22.2. The van der Waals surface area contributed by atoms with Gasteiger partial charge in [-0.15, -0.1) is 24.0 Å². The van der Waals surface area contributed by atoms with E-state index >= 15 is 0 Å². The zero-order valence-corrected chi connectivity index (χ0v) is 23.5. The summed E-state index contributed by atoms with van der Waals surface area (Å²) in [4.78, 5) is 7.07. The third-order valence-corrected chi connectivity index (χ3v) is 8.49. The fourth-order valence-corrected chi connectivity index (χ4v) is 6.71. The van der Waals surface area contributed by atoms with Crippen LogP contribution in [0.2, 0.25) is 0 Å². The molecule has 1 aliphatic heterocycles. The molecule has 1 heterocycles. The van der Waals surface area contributed by atoms with Crippen molar-refractivity contribution >= 4 is 40.7 Å². The first-order valence-corrected chi connectivity index (χ1v) is 13.5. The lowest BCUT2D eigenvalue weighted by Crippen LogP contribution is -2.46. The number of piperidine rings is 1. The van der Waals surface area contributed by atoms with Gasteiger partial charge in [-0.2, -0.15) is 0 Å². The Kier molecular flexibility index (Phi) is 12.0. The predicted octanol–water partition coefficient (Wildman–Crippen LogP) is 4.53. The van der Waals surface area contributed by atoms with Gasteiger partial charge in [0, 0.05) is 61.1 Å². The second-order valence-electron chi connectivity index (χ2n) is 9.63. The number of aliphatic imine (C=N–C) groups is 1. The van der Waals surface area contributed by atoms with Crippen LogP contribution in [0.4, 0.5) is 0 Å². The molecule has 0 aromatic heterocycles. The van der Waals surface area contributed by atoms with Gasteiger partial charge in [-0.1, -0.05) is 51.5 Å². The zero-order valence-electron chi connectivity index (χ0n) is 20.3. The lowest BCUT2D eigenvalue weighted by Gasteiger charge is -2.35. The first-order chi connectivity index (χ1) is 15.0. The summed E-state index contributed by atoms with van der Waals surface area (Å²) in [6, 6.07) is 9.13. The van der Waals surface area contributed by atoms with Gasteiger partial charge in [0.25, 0.3) is 0 Å². The molecule has 1 saturated carbocycles. The highest BCUT2D eigenvalue weighted by Gasteiger charge is 2.26. The second kappa shape index (κ2) is 13.9. The van der Waals surface area contributed by atoms with Crippen molar-refractivity contribution in [2.24, 2.45) is 16.8 Å². The fraction of sp³-hybridized carbons (Fsp3) is 0.720. The number of hydrogen-bond donors (Lipinski definition) is 2. The molecule has 1 aromatic rings. The topological polar surface area (TPSA) is 56.7 Å². The average Bonchev–Trinajstić information content (AvgIpc) is 2.76. The SMILES string of the molecule is CCS(=O)C1CCCC(NC(=NC)NCc2ccccc2CN2CC(C)CC(C)C2)C1.I. The van der Waals surface area contributed by atoms with Crippen molar-refractivity contribution in [2.75, 3.05) is 25.9 Å². The summed E-state index contributed by atoms with van der Waals surface area (Å²) in [5, 5.41) is 7.45. The standard InChI is InChI=1S/C25H42N4OS.HI/c1-5-31(30)24-12-8-11-23(14-24)28-25(26-4)27-15-21-9-6-7-10-22(21)18-29-16-19(2)13-20(3)17-29;/h6-7,9-10,19-20,23-24H,5,8,11-18H2,1-4H3,(H2,26,27,28);1H. The molecule has 2 N–H and O–H groups in total. The van der Waals surface area contributed by atoms with Gasteiger partial charge < -0.3 is 10.6 Å². The van der Waals surface area contributed by atoms with Crippen LogP contribution in [0, 0.1) is 11.8 Å². The molecule has 5 nitrogen and oxygen atoms in total. The molecule has 182 valence electrons. The van der Waals surface area contributed by atoms with Crippen molar-refractivity contribution < 1.29 is 4.21 Å². The molecule has 0 amide bonds. The fourth-order valence-electron chi connectivity index (χ4n) is 5.36. The predicted molar refractivity (Wildman–Crippen MR) is 148 cm³/mol. The molecule has 5 atom stereocenters. The lowest BCUT2D eigenvalue weighted by atomic mass is 9.91. The van der Waals surface area contributed by atoms with Crippen molar-refractivity contribution in [3.8, 4) is 0 Å². The summed E-state index contributed by atoms with van der Waals surface area (Å²) in [5.74, 6) is 3.16. The quantitative estimate of drug-likeness (QED) is 0.286. The Morgan fingerprint density at radius 3 is 2.47 bits per heavy atom. The summed E-state index contributed by atoms with van der Waals surface area (Å²) in [6.07, 6.45) is 5.67. The van der Waals surface area contributed by atoms with Crippen LogP contribution >= 0.6 is 24.0 Å². The van der Waals surface area contributed by atoms with Gasteiger partial charge in [-0.05, 0) is 48.6 Å². The third kappa shape index (κ3) is 8.28. The molecule has 1 saturated heterocycles. The smallest absolute Gasteiger partial charge is 0.191 e. The molecule has 0 radical (unpaired) electrons. The minimum atomic E-state index is -0.702. The minimum Gasteiger partial charge on any atom is -0.354 e. The first kappa shape index (κ1) is 27.6. The van der Waals surface area contributed by atoms with Crippen LogP contribution < -0.4 is 10.6 Å². The van der Waals surface area contributed by atoms with Crippen molar-refractivity contribution in [3.05, 3.63) is 35.4 Å². The maximum Gasteiger partial charge on any atom is 0.191 e. The largest absolute Gasteiger partial charge is 0.354 e. The van der Waals surface area contributed by atoms with E-state index < -0.39 is 10.8 Å². The molecule has 0 bridgehead atoms.